The fraction of sp³-hybridized carbons (Fsp3) is 0.421. The van der Waals surface area contributed by atoms with Gasteiger partial charge < -0.3 is 5.32 Å². The molecule has 2 heterocycles. The van der Waals surface area contributed by atoms with Crippen molar-refractivity contribution >= 4 is 33.4 Å². The van der Waals surface area contributed by atoms with Crippen molar-refractivity contribution in [2.75, 3.05) is 5.32 Å². The van der Waals surface area contributed by atoms with Crippen LogP contribution in [0.3, 0.4) is 0 Å². The highest BCUT2D eigenvalue weighted by atomic mass is 32.1. The number of carbonyl (C=O) groups is 1. The molecule has 0 saturated heterocycles. The summed E-state index contributed by atoms with van der Waals surface area (Å²) in [5.74, 6) is -0.103. The number of imidazole rings is 1. The van der Waals surface area contributed by atoms with Crippen LogP contribution in [0.1, 0.15) is 36.3 Å². The molecule has 6 nitrogen and oxygen atoms in total. The summed E-state index contributed by atoms with van der Waals surface area (Å²) < 4.78 is 3.27. The number of carbonyl (C=O) groups excluding carboxylic acids is 1. The maximum absolute atomic E-state index is 12.4. The van der Waals surface area contributed by atoms with Crippen LogP contribution in [-0.4, -0.2) is 20.0 Å². The van der Waals surface area contributed by atoms with Gasteiger partial charge in [-0.05, 0) is 37.8 Å². The van der Waals surface area contributed by atoms with Crippen LogP contribution in [0.2, 0.25) is 0 Å². The Hall–Kier alpha value is -2.41. The largest absolute Gasteiger partial charge is 0.328 e. The zero-order valence-corrected chi connectivity index (χ0v) is 15.6. The molecule has 2 aromatic heterocycles. The number of hydrogen-bond donors (Lipinski definition) is 1. The number of anilines is 1. The fourth-order valence-electron chi connectivity index (χ4n) is 3.56. The normalized spacial score (nSPS) is 14.2. The molecule has 0 radical (unpaired) electrons. The van der Waals surface area contributed by atoms with Crippen LogP contribution < -0.4 is 11.0 Å². The first kappa shape index (κ1) is 17.0. The first-order valence-corrected chi connectivity index (χ1v) is 9.88. The number of amides is 1. The van der Waals surface area contributed by atoms with Crippen molar-refractivity contribution in [1.29, 1.82) is 0 Å². The zero-order valence-electron chi connectivity index (χ0n) is 14.8. The quantitative estimate of drug-likeness (QED) is 0.718. The number of thiazole rings is 1. The minimum Gasteiger partial charge on any atom is -0.302 e. The summed E-state index contributed by atoms with van der Waals surface area (Å²) in [6, 6.07) is 7.63. The van der Waals surface area contributed by atoms with Crippen LogP contribution in [0.25, 0.3) is 11.0 Å². The van der Waals surface area contributed by atoms with E-state index in [9.17, 15) is 9.59 Å². The molecule has 3 aromatic rings. The third kappa shape index (κ3) is 3.19. The lowest BCUT2D eigenvalue weighted by Gasteiger charge is -2.04. The average molecular weight is 370 g/mol. The second-order valence-electron chi connectivity index (χ2n) is 6.73. The highest BCUT2D eigenvalue weighted by Crippen LogP contribution is 2.29. The minimum atomic E-state index is -0.103. The molecule has 0 atom stereocenters. The molecule has 1 aliphatic rings. The summed E-state index contributed by atoms with van der Waals surface area (Å²) in [7, 11) is 1.75. The van der Waals surface area contributed by atoms with E-state index < -0.39 is 0 Å². The predicted molar refractivity (Wildman–Crippen MR) is 104 cm³/mol. The van der Waals surface area contributed by atoms with E-state index in [1.165, 1.54) is 24.1 Å². The molecule has 0 aliphatic heterocycles. The van der Waals surface area contributed by atoms with Gasteiger partial charge in [0.2, 0.25) is 5.91 Å². The van der Waals surface area contributed by atoms with E-state index >= 15 is 0 Å². The summed E-state index contributed by atoms with van der Waals surface area (Å²) in [4.78, 5) is 30.7. The maximum atomic E-state index is 12.4. The summed E-state index contributed by atoms with van der Waals surface area (Å²) in [5.41, 5.74) is 2.78. The Labute approximate surface area is 155 Å². The number of aryl methyl sites for hydroxylation is 4. The lowest BCUT2D eigenvalue weighted by Crippen LogP contribution is -2.24. The molecule has 0 unspecified atom stereocenters. The fourth-order valence-corrected chi connectivity index (χ4v) is 4.62. The predicted octanol–water partition coefficient (Wildman–Crippen LogP) is 3.09. The third-order valence-corrected chi connectivity index (χ3v) is 6.03. The van der Waals surface area contributed by atoms with Gasteiger partial charge in [0.05, 0.1) is 16.7 Å². The van der Waals surface area contributed by atoms with Crippen LogP contribution in [0, 0.1) is 0 Å². The number of aromatic nitrogens is 3. The van der Waals surface area contributed by atoms with Crippen molar-refractivity contribution in [3.05, 3.63) is 45.3 Å². The Morgan fingerprint density at radius 1 is 1.19 bits per heavy atom. The Morgan fingerprint density at radius 2 is 1.96 bits per heavy atom. The van der Waals surface area contributed by atoms with E-state index in [1.54, 1.807) is 27.5 Å². The average Bonchev–Trinajstić information content (AvgIpc) is 3.03. The van der Waals surface area contributed by atoms with Gasteiger partial charge in [-0.1, -0.05) is 18.6 Å². The molecular formula is C19H22N4O2S. The first-order valence-electron chi connectivity index (χ1n) is 9.06. The minimum absolute atomic E-state index is 0.0973. The molecular weight excluding hydrogens is 348 g/mol. The van der Waals surface area contributed by atoms with Gasteiger partial charge in [0.1, 0.15) is 0 Å². The van der Waals surface area contributed by atoms with Gasteiger partial charge in [0, 0.05) is 24.9 Å². The van der Waals surface area contributed by atoms with Gasteiger partial charge in [-0.2, -0.15) is 0 Å². The van der Waals surface area contributed by atoms with Gasteiger partial charge >= 0.3 is 5.69 Å². The molecule has 26 heavy (non-hydrogen) atoms. The number of para-hydroxylation sites is 2. The molecule has 0 saturated carbocycles. The number of nitrogens with one attached hydrogen (secondary N) is 1. The second kappa shape index (κ2) is 7.07. The molecule has 1 aromatic carbocycles. The molecule has 1 N–H and O–H groups in total. The number of nitrogens with zero attached hydrogens (tertiary/aromatic N) is 3. The number of hydrogen-bond acceptors (Lipinski definition) is 4. The van der Waals surface area contributed by atoms with E-state index in [0.29, 0.717) is 11.7 Å². The van der Waals surface area contributed by atoms with Crippen LogP contribution in [0.15, 0.2) is 29.1 Å². The van der Waals surface area contributed by atoms with E-state index in [4.69, 9.17) is 0 Å². The topological polar surface area (TPSA) is 68.9 Å². The number of fused-ring (bicyclic) bond motifs is 2. The Balaban J connectivity index is 1.45. The van der Waals surface area contributed by atoms with Crippen molar-refractivity contribution in [1.82, 2.24) is 14.1 Å². The van der Waals surface area contributed by atoms with Gasteiger partial charge in [-0.25, -0.2) is 9.78 Å². The summed E-state index contributed by atoms with van der Waals surface area (Å²) >= 11 is 1.59. The molecule has 0 bridgehead atoms. The van der Waals surface area contributed by atoms with Crippen LogP contribution >= 0.6 is 11.3 Å². The monoisotopic (exact) mass is 370 g/mol. The van der Waals surface area contributed by atoms with Gasteiger partial charge in [-0.3, -0.25) is 13.9 Å². The zero-order chi connectivity index (χ0) is 18.1. The number of benzene rings is 1. The van der Waals surface area contributed by atoms with Crippen molar-refractivity contribution in [2.45, 2.75) is 45.1 Å². The standard InChI is InChI=1S/C19H22N4O2S/c1-22-14-8-5-6-9-15(14)23(19(22)25)12-11-17(24)21-18-20-13-7-3-2-4-10-16(13)26-18/h5-6,8-9H,2-4,7,10-12H2,1H3,(H,20,21,24). The van der Waals surface area contributed by atoms with E-state index in [1.807, 2.05) is 24.3 Å². The van der Waals surface area contributed by atoms with Gasteiger partial charge in [-0.15, -0.1) is 11.3 Å². The molecule has 1 amide bonds. The summed E-state index contributed by atoms with van der Waals surface area (Å²) in [6.07, 6.45) is 5.95. The smallest absolute Gasteiger partial charge is 0.302 e. The number of rotatable bonds is 4. The van der Waals surface area contributed by atoms with Crippen LogP contribution in [-0.2, 0) is 31.2 Å². The molecule has 0 spiro atoms. The Bertz CT molecular complexity index is 991. The van der Waals surface area contributed by atoms with Gasteiger partial charge in [0.15, 0.2) is 5.13 Å². The molecule has 0 fully saturated rings. The lowest BCUT2D eigenvalue weighted by molar-refractivity contribution is -0.116. The Kier molecular flexibility index (Phi) is 4.63. The molecule has 7 heteroatoms. The van der Waals surface area contributed by atoms with Crippen molar-refractivity contribution < 1.29 is 4.79 Å². The Morgan fingerprint density at radius 3 is 2.81 bits per heavy atom. The SMILES string of the molecule is Cn1c(=O)n(CCC(=O)Nc2nc3c(s2)CCCCC3)c2ccccc21. The summed E-state index contributed by atoms with van der Waals surface area (Å²) in [6.45, 7) is 0.358. The van der Waals surface area contributed by atoms with Crippen LogP contribution in [0.4, 0.5) is 5.13 Å². The second-order valence-corrected chi connectivity index (χ2v) is 7.81. The molecule has 136 valence electrons. The highest BCUT2D eigenvalue weighted by molar-refractivity contribution is 7.15. The van der Waals surface area contributed by atoms with E-state index in [-0.39, 0.29) is 18.0 Å². The lowest BCUT2D eigenvalue weighted by atomic mass is 10.2. The van der Waals surface area contributed by atoms with E-state index in [2.05, 4.69) is 10.3 Å². The van der Waals surface area contributed by atoms with Crippen molar-refractivity contribution in [3.8, 4) is 0 Å². The first-order chi connectivity index (χ1) is 12.6. The van der Waals surface area contributed by atoms with Crippen LogP contribution in [0.5, 0.6) is 0 Å². The maximum Gasteiger partial charge on any atom is 0.328 e. The van der Waals surface area contributed by atoms with Crippen molar-refractivity contribution in [2.24, 2.45) is 7.05 Å². The van der Waals surface area contributed by atoms with Crippen molar-refractivity contribution in [3.63, 3.8) is 0 Å². The highest BCUT2D eigenvalue weighted by Gasteiger charge is 2.16. The third-order valence-electron chi connectivity index (χ3n) is 4.96. The summed E-state index contributed by atoms with van der Waals surface area (Å²) in [5, 5.41) is 3.60. The van der Waals surface area contributed by atoms with E-state index in [0.717, 1.165) is 29.6 Å². The van der Waals surface area contributed by atoms with Gasteiger partial charge in [0.25, 0.3) is 0 Å². The molecule has 4 rings (SSSR count). The molecule has 1 aliphatic carbocycles.